The number of nitrogens with zero attached hydrogens (tertiary/aromatic N) is 1. The Morgan fingerprint density at radius 1 is 1.00 bits per heavy atom. The van der Waals surface area contributed by atoms with Crippen molar-refractivity contribution in [2.75, 3.05) is 11.5 Å². The third kappa shape index (κ3) is 5.03. The number of Topliss-reactive ketones (excluding diaryl/α,β-unsaturated/α-hetero) is 1. The second-order valence-electron chi connectivity index (χ2n) is 8.34. The van der Waals surface area contributed by atoms with Crippen molar-refractivity contribution in [1.29, 1.82) is 0 Å². The summed E-state index contributed by atoms with van der Waals surface area (Å²) in [5.41, 5.74) is 1.52. The number of rotatable bonds is 7. The number of hydrogen-bond acceptors (Lipinski definition) is 5. The molecule has 6 nitrogen and oxygen atoms in total. The highest BCUT2D eigenvalue weighted by Crippen LogP contribution is 2.43. The number of amides is 1. The Bertz CT molecular complexity index is 1270. The van der Waals surface area contributed by atoms with E-state index >= 15 is 0 Å². The Kier molecular flexibility index (Phi) is 7.12. The molecule has 0 radical (unpaired) electrons. The average molecular weight is 492 g/mol. The number of ketones is 1. The first-order valence-corrected chi connectivity index (χ1v) is 11.7. The molecule has 1 atom stereocenters. The maximum absolute atomic E-state index is 13.3. The molecular formula is C28H26ClNO5. The average Bonchev–Trinajstić information content (AvgIpc) is 3.10. The molecule has 1 amide bonds. The van der Waals surface area contributed by atoms with Crippen LogP contribution >= 0.6 is 11.6 Å². The summed E-state index contributed by atoms with van der Waals surface area (Å²) in [6, 6.07) is 19.7. The maximum Gasteiger partial charge on any atom is 0.300 e. The first-order chi connectivity index (χ1) is 16.8. The lowest BCUT2D eigenvalue weighted by atomic mass is 9.95. The number of carbonyl (C=O) groups excluding carboxylic acids is 2. The molecule has 180 valence electrons. The van der Waals surface area contributed by atoms with E-state index in [9.17, 15) is 14.7 Å². The predicted octanol–water partition coefficient (Wildman–Crippen LogP) is 6.15. The number of aliphatic hydroxyl groups excluding tert-OH is 1. The van der Waals surface area contributed by atoms with E-state index in [0.29, 0.717) is 39.9 Å². The summed E-state index contributed by atoms with van der Waals surface area (Å²) < 4.78 is 11.3. The van der Waals surface area contributed by atoms with E-state index in [4.69, 9.17) is 21.1 Å². The minimum Gasteiger partial charge on any atom is -0.507 e. The van der Waals surface area contributed by atoms with Crippen molar-refractivity contribution in [3.8, 4) is 11.5 Å². The van der Waals surface area contributed by atoms with Crippen LogP contribution in [-0.2, 0) is 9.59 Å². The van der Waals surface area contributed by atoms with Crippen LogP contribution in [0.1, 0.15) is 37.9 Å². The van der Waals surface area contributed by atoms with Crippen LogP contribution in [0, 0.1) is 0 Å². The molecule has 0 aromatic heterocycles. The highest BCUT2D eigenvalue weighted by Gasteiger charge is 2.47. The Hall–Kier alpha value is -3.77. The zero-order chi connectivity index (χ0) is 25.1. The largest absolute Gasteiger partial charge is 0.507 e. The van der Waals surface area contributed by atoms with Crippen molar-refractivity contribution in [3.05, 3.63) is 94.5 Å². The summed E-state index contributed by atoms with van der Waals surface area (Å²) in [4.78, 5) is 28.0. The zero-order valence-electron chi connectivity index (χ0n) is 19.7. The lowest BCUT2D eigenvalue weighted by molar-refractivity contribution is -0.132. The quantitative estimate of drug-likeness (QED) is 0.243. The summed E-state index contributed by atoms with van der Waals surface area (Å²) in [5.74, 6) is -0.537. The molecular weight excluding hydrogens is 466 g/mol. The topological polar surface area (TPSA) is 76.1 Å². The molecule has 0 bridgehead atoms. The van der Waals surface area contributed by atoms with Crippen LogP contribution in [0.25, 0.3) is 5.76 Å². The number of benzene rings is 3. The van der Waals surface area contributed by atoms with Gasteiger partial charge >= 0.3 is 0 Å². The van der Waals surface area contributed by atoms with Gasteiger partial charge in [-0.25, -0.2) is 0 Å². The third-order valence-corrected chi connectivity index (χ3v) is 5.79. The van der Waals surface area contributed by atoms with Gasteiger partial charge in [-0.2, -0.15) is 0 Å². The van der Waals surface area contributed by atoms with Crippen LogP contribution in [0.3, 0.4) is 0 Å². The van der Waals surface area contributed by atoms with Gasteiger partial charge in [-0.3, -0.25) is 14.5 Å². The molecule has 1 N–H and O–H groups in total. The smallest absolute Gasteiger partial charge is 0.300 e. The van der Waals surface area contributed by atoms with Crippen LogP contribution < -0.4 is 14.4 Å². The molecule has 7 heteroatoms. The molecule has 1 aliphatic rings. The molecule has 0 spiro atoms. The number of hydrogen-bond donors (Lipinski definition) is 1. The van der Waals surface area contributed by atoms with Gasteiger partial charge in [0.25, 0.3) is 11.7 Å². The van der Waals surface area contributed by atoms with Crippen LogP contribution in [0.4, 0.5) is 5.69 Å². The summed E-state index contributed by atoms with van der Waals surface area (Å²) in [5, 5.41) is 11.7. The van der Waals surface area contributed by atoms with E-state index in [0.717, 1.165) is 0 Å². The summed E-state index contributed by atoms with van der Waals surface area (Å²) in [7, 11) is 0. The van der Waals surface area contributed by atoms with Crippen molar-refractivity contribution in [3.63, 3.8) is 0 Å². The molecule has 35 heavy (non-hydrogen) atoms. The lowest BCUT2D eigenvalue weighted by Crippen LogP contribution is -2.29. The summed E-state index contributed by atoms with van der Waals surface area (Å²) in [6.07, 6.45) is -0.00213. The van der Waals surface area contributed by atoms with Gasteiger partial charge < -0.3 is 14.6 Å². The van der Waals surface area contributed by atoms with E-state index in [1.165, 1.54) is 4.90 Å². The SMILES string of the molecule is CCOc1cccc(N2C(=O)C(=O)/C(=C(/O)c3ccc(Cl)cc3)C2c2ccc(OC(C)C)cc2)c1. The van der Waals surface area contributed by atoms with Crippen LogP contribution in [0.2, 0.25) is 5.02 Å². The molecule has 1 saturated heterocycles. The van der Waals surface area contributed by atoms with Gasteiger partial charge in [0.2, 0.25) is 0 Å². The van der Waals surface area contributed by atoms with Gasteiger partial charge in [0, 0.05) is 22.3 Å². The van der Waals surface area contributed by atoms with Gasteiger partial charge in [-0.15, -0.1) is 0 Å². The van der Waals surface area contributed by atoms with Gasteiger partial charge in [0.1, 0.15) is 17.3 Å². The number of anilines is 1. The van der Waals surface area contributed by atoms with Gasteiger partial charge in [0.15, 0.2) is 0 Å². The first-order valence-electron chi connectivity index (χ1n) is 11.4. The van der Waals surface area contributed by atoms with Crippen LogP contribution in [-0.4, -0.2) is 29.5 Å². The van der Waals surface area contributed by atoms with E-state index < -0.39 is 17.7 Å². The van der Waals surface area contributed by atoms with E-state index in [1.54, 1.807) is 72.8 Å². The van der Waals surface area contributed by atoms with Crippen molar-refractivity contribution in [1.82, 2.24) is 0 Å². The van der Waals surface area contributed by atoms with Crippen molar-refractivity contribution in [2.24, 2.45) is 0 Å². The molecule has 1 aliphatic heterocycles. The fourth-order valence-electron chi connectivity index (χ4n) is 4.07. The standard InChI is InChI=1S/C28H26ClNO5/c1-4-34-23-7-5-6-21(16-23)30-25(18-10-14-22(15-11-18)35-17(2)3)24(27(32)28(30)33)26(31)19-8-12-20(29)13-9-19/h5-17,25,31H,4H2,1-3H3/b26-24+. The molecule has 1 unspecified atom stereocenters. The Morgan fingerprint density at radius 3 is 2.31 bits per heavy atom. The lowest BCUT2D eigenvalue weighted by Gasteiger charge is -2.26. The highest BCUT2D eigenvalue weighted by molar-refractivity contribution is 6.51. The molecule has 1 heterocycles. The normalized spacial score (nSPS) is 17.2. The highest BCUT2D eigenvalue weighted by atomic mass is 35.5. The number of aliphatic hydroxyl groups is 1. The summed E-state index contributed by atoms with van der Waals surface area (Å²) >= 11 is 6.00. The van der Waals surface area contributed by atoms with Crippen LogP contribution in [0.15, 0.2) is 78.4 Å². The van der Waals surface area contributed by atoms with Crippen LogP contribution in [0.5, 0.6) is 11.5 Å². The Balaban J connectivity index is 1.88. The molecule has 3 aromatic rings. The minimum atomic E-state index is -0.851. The van der Waals surface area contributed by atoms with Crippen molar-refractivity contribution >= 4 is 34.7 Å². The number of ether oxygens (including phenoxy) is 2. The molecule has 4 rings (SSSR count). The first kappa shape index (κ1) is 24.4. The molecule has 3 aromatic carbocycles. The second kappa shape index (κ2) is 10.2. The Labute approximate surface area is 209 Å². The van der Waals surface area contributed by atoms with Gasteiger partial charge in [-0.05, 0) is 74.9 Å². The number of halogens is 1. The minimum absolute atomic E-state index is 0.00213. The Morgan fingerprint density at radius 2 is 1.69 bits per heavy atom. The molecule has 1 fully saturated rings. The van der Waals surface area contributed by atoms with E-state index in [1.807, 2.05) is 20.8 Å². The predicted molar refractivity (Wildman–Crippen MR) is 136 cm³/mol. The number of carbonyl (C=O) groups is 2. The zero-order valence-corrected chi connectivity index (χ0v) is 20.5. The van der Waals surface area contributed by atoms with Crippen molar-refractivity contribution in [2.45, 2.75) is 32.9 Å². The van der Waals surface area contributed by atoms with E-state index in [2.05, 4.69) is 0 Å². The molecule has 0 saturated carbocycles. The summed E-state index contributed by atoms with van der Waals surface area (Å²) in [6.45, 7) is 6.19. The van der Waals surface area contributed by atoms with E-state index in [-0.39, 0.29) is 17.4 Å². The maximum atomic E-state index is 13.3. The molecule has 0 aliphatic carbocycles. The second-order valence-corrected chi connectivity index (χ2v) is 8.78. The van der Waals surface area contributed by atoms with Gasteiger partial charge in [-0.1, -0.05) is 29.8 Å². The fourth-order valence-corrected chi connectivity index (χ4v) is 4.19. The monoisotopic (exact) mass is 491 g/mol. The van der Waals surface area contributed by atoms with Gasteiger partial charge in [0.05, 0.1) is 24.3 Å². The van der Waals surface area contributed by atoms with Crippen molar-refractivity contribution < 1.29 is 24.2 Å². The fraction of sp³-hybridized carbons (Fsp3) is 0.214. The third-order valence-electron chi connectivity index (χ3n) is 5.54.